The molecule has 0 unspecified atom stereocenters. The van der Waals surface area contributed by atoms with Gasteiger partial charge in [0.15, 0.2) is 0 Å². The quantitative estimate of drug-likeness (QED) is 0.514. The SMILES string of the molecule is O=C(Cc1csc(S(=O)(=O)c2ccccc2)c1)C(=O)c1nn[nH]n1. The summed E-state index contributed by atoms with van der Waals surface area (Å²) >= 11 is 1.00. The van der Waals surface area contributed by atoms with Gasteiger partial charge in [0.1, 0.15) is 4.21 Å². The Bertz CT molecular complexity index is 979. The highest BCUT2D eigenvalue weighted by Gasteiger charge is 2.23. The zero-order valence-electron chi connectivity index (χ0n) is 12.0. The number of nitrogens with zero attached hydrogens (tertiary/aromatic N) is 3. The van der Waals surface area contributed by atoms with Crippen LogP contribution in [0.2, 0.25) is 0 Å². The van der Waals surface area contributed by atoms with Gasteiger partial charge in [0.05, 0.1) is 4.90 Å². The minimum atomic E-state index is -3.63. The molecule has 122 valence electrons. The maximum atomic E-state index is 12.5. The molecule has 0 aliphatic heterocycles. The van der Waals surface area contributed by atoms with Gasteiger partial charge in [0.25, 0.3) is 5.78 Å². The highest BCUT2D eigenvalue weighted by molar-refractivity contribution is 7.93. The first-order valence-corrected chi connectivity index (χ1v) is 9.03. The minimum absolute atomic E-state index is 0.114. The third-order valence-electron chi connectivity index (χ3n) is 3.11. The molecule has 0 aliphatic rings. The van der Waals surface area contributed by atoms with Crippen LogP contribution in [0.15, 0.2) is 50.9 Å². The van der Waals surface area contributed by atoms with Crippen LogP contribution in [0.25, 0.3) is 0 Å². The summed E-state index contributed by atoms with van der Waals surface area (Å²) in [6.07, 6.45) is -0.228. The molecule has 1 aromatic carbocycles. The Balaban J connectivity index is 1.79. The number of H-pyrrole nitrogens is 1. The molecule has 8 nitrogen and oxygen atoms in total. The van der Waals surface area contributed by atoms with E-state index in [4.69, 9.17) is 0 Å². The van der Waals surface area contributed by atoms with Gasteiger partial charge in [-0.2, -0.15) is 5.21 Å². The molecule has 0 bridgehead atoms. The van der Waals surface area contributed by atoms with Gasteiger partial charge in [-0.15, -0.1) is 21.5 Å². The van der Waals surface area contributed by atoms with E-state index in [1.807, 2.05) is 0 Å². The van der Waals surface area contributed by atoms with Crippen LogP contribution in [0.5, 0.6) is 0 Å². The standard InChI is InChI=1S/C14H10N4O4S2/c19-11(13(20)14-15-17-18-16-14)6-9-7-12(23-8-9)24(21,22)10-4-2-1-3-5-10/h1-5,7-8H,6H2,(H,15,16,17,18). The molecule has 0 atom stereocenters. The molecule has 3 rings (SSSR count). The second-order valence-electron chi connectivity index (χ2n) is 4.75. The first kappa shape index (κ1) is 16.1. The fraction of sp³-hybridized carbons (Fsp3) is 0.0714. The highest BCUT2D eigenvalue weighted by Crippen LogP contribution is 2.27. The predicted molar refractivity (Wildman–Crippen MR) is 83.4 cm³/mol. The second-order valence-corrected chi connectivity index (χ2v) is 7.84. The van der Waals surface area contributed by atoms with Crippen molar-refractivity contribution in [3.63, 3.8) is 0 Å². The van der Waals surface area contributed by atoms with Gasteiger partial charge in [-0.1, -0.05) is 18.2 Å². The number of tetrazole rings is 1. The lowest BCUT2D eigenvalue weighted by atomic mass is 10.1. The zero-order chi connectivity index (χ0) is 17.2. The first-order chi connectivity index (χ1) is 11.5. The Kier molecular flexibility index (Phi) is 4.32. The van der Waals surface area contributed by atoms with Gasteiger partial charge in [0.2, 0.25) is 21.4 Å². The lowest BCUT2D eigenvalue weighted by molar-refractivity contribution is -0.114. The summed E-state index contributed by atoms with van der Waals surface area (Å²) in [6.45, 7) is 0. The monoisotopic (exact) mass is 362 g/mol. The van der Waals surface area contributed by atoms with Crippen LogP contribution in [-0.4, -0.2) is 40.6 Å². The van der Waals surface area contributed by atoms with Crippen LogP contribution in [0, 0.1) is 0 Å². The average Bonchev–Trinajstić information content (AvgIpc) is 3.27. The van der Waals surface area contributed by atoms with E-state index in [0.29, 0.717) is 5.56 Å². The van der Waals surface area contributed by atoms with Crippen molar-refractivity contribution in [3.8, 4) is 0 Å². The molecule has 0 saturated carbocycles. The molecule has 0 radical (unpaired) electrons. The Morgan fingerprint density at radius 2 is 1.92 bits per heavy atom. The largest absolute Gasteiger partial charge is 0.290 e. The number of rotatable bonds is 6. The molecule has 2 heterocycles. The number of carbonyl (C=O) groups is 2. The molecule has 1 N–H and O–H groups in total. The van der Waals surface area contributed by atoms with Crippen molar-refractivity contribution >= 4 is 32.7 Å². The van der Waals surface area contributed by atoms with Crippen LogP contribution in [0.1, 0.15) is 16.2 Å². The number of hydrogen-bond acceptors (Lipinski definition) is 8. The van der Waals surface area contributed by atoms with Gasteiger partial charge < -0.3 is 0 Å². The second kappa shape index (κ2) is 6.42. The topological polar surface area (TPSA) is 123 Å². The van der Waals surface area contributed by atoms with Gasteiger partial charge in [-0.05, 0) is 34.4 Å². The summed E-state index contributed by atoms with van der Waals surface area (Å²) in [5, 5.41) is 13.8. The van der Waals surface area contributed by atoms with Crippen molar-refractivity contribution in [3.05, 3.63) is 53.2 Å². The van der Waals surface area contributed by atoms with Crippen molar-refractivity contribution in [1.29, 1.82) is 0 Å². The molecule has 0 amide bonds. The fourth-order valence-corrected chi connectivity index (χ4v) is 4.58. The van der Waals surface area contributed by atoms with E-state index in [9.17, 15) is 18.0 Å². The molecule has 10 heteroatoms. The highest BCUT2D eigenvalue weighted by atomic mass is 32.2. The Hall–Kier alpha value is -2.72. The number of benzene rings is 1. The Morgan fingerprint density at radius 1 is 1.17 bits per heavy atom. The third-order valence-corrected chi connectivity index (χ3v) is 6.37. The van der Waals surface area contributed by atoms with Crippen molar-refractivity contribution < 1.29 is 18.0 Å². The summed E-state index contributed by atoms with van der Waals surface area (Å²) in [5.41, 5.74) is 0.441. The molecule has 0 fully saturated rings. The van der Waals surface area contributed by atoms with E-state index in [1.54, 1.807) is 18.2 Å². The molecule has 24 heavy (non-hydrogen) atoms. The van der Waals surface area contributed by atoms with Crippen molar-refractivity contribution in [2.75, 3.05) is 0 Å². The average molecular weight is 362 g/mol. The molecule has 0 spiro atoms. The Labute approximate surface area is 140 Å². The van der Waals surface area contributed by atoms with Crippen LogP contribution in [0.4, 0.5) is 0 Å². The number of sulfone groups is 1. The molecule has 3 aromatic rings. The third kappa shape index (κ3) is 3.14. The molecular formula is C14H10N4O4S2. The number of hydrogen-bond donors (Lipinski definition) is 1. The molecule has 0 saturated heterocycles. The van der Waals surface area contributed by atoms with Gasteiger partial charge in [-0.25, -0.2) is 8.42 Å². The summed E-state index contributed by atoms with van der Waals surface area (Å²) in [6, 6.07) is 9.39. The number of ketones is 2. The Morgan fingerprint density at radius 3 is 2.58 bits per heavy atom. The van der Waals surface area contributed by atoms with Crippen molar-refractivity contribution in [1.82, 2.24) is 20.6 Å². The number of carbonyl (C=O) groups excluding carboxylic acids is 2. The van der Waals surface area contributed by atoms with Crippen LogP contribution < -0.4 is 0 Å². The number of aromatic amines is 1. The fourth-order valence-electron chi connectivity index (χ4n) is 1.95. The van der Waals surface area contributed by atoms with Crippen LogP contribution in [-0.2, 0) is 21.1 Å². The van der Waals surface area contributed by atoms with E-state index in [0.717, 1.165) is 11.3 Å². The number of thiophene rings is 1. The van der Waals surface area contributed by atoms with Gasteiger partial charge in [-0.3, -0.25) is 9.59 Å². The van der Waals surface area contributed by atoms with E-state index in [2.05, 4.69) is 20.6 Å². The van der Waals surface area contributed by atoms with E-state index in [1.165, 1.54) is 23.6 Å². The maximum Gasteiger partial charge on any atom is 0.269 e. The first-order valence-electron chi connectivity index (χ1n) is 6.67. The number of nitrogens with one attached hydrogen (secondary N) is 1. The van der Waals surface area contributed by atoms with Gasteiger partial charge in [0, 0.05) is 6.42 Å². The number of aromatic nitrogens is 4. The minimum Gasteiger partial charge on any atom is -0.290 e. The smallest absolute Gasteiger partial charge is 0.269 e. The summed E-state index contributed by atoms with van der Waals surface area (Å²) in [7, 11) is -3.63. The molecular weight excluding hydrogens is 352 g/mol. The lowest BCUT2D eigenvalue weighted by Gasteiger charge is -2.00. The summed E-state index contributed by atoms with van der Waals surface area (Å²) in [5.74, 6) is -1.92. The zero-order valence-corrected chi connectivity index (χ0v) is 13.7. The molecule has 0 aliphatic carbocycles. The summed E-state index contributed by atoms with van der Waals surface area (Å²) in [4.78, 5) is 23.9. The predicted octanol–water partition coefficient (Wildman–Crippen LogP) is 1.09. The van der Waals surface area contributed by atoms with Crippen LogP contribution >= 0.6 is 11.3 Å². The lowest BCUT2D eigenvalue weighted by Crippen LogP contribution is -2.18. The molecule has 2 aromatic heterocycles. The van der Waals surface area contributed by atoms with E-state index < -0.39 is 21.4 Å². The van der Waals surface area contributed by atoms with Crippen LogP contribution in [0.3, 0.4) is 0 Å². The van der Waals surface area contributed by atoms with E-state index >= 15 is 0 Å². The maximum absolute atomic E-state index is 12.5. The summed E-state index contributed by atoms with van der Waals surface area (Å²) < 4.78 is 25.1. The van der Waals surface area contributed by atoms with Crippen molar-refractivity contribution in [2.24, 2.45) is 0 Å². The van der Waals surface area contributed by atoms with E-state index in [-0.39, 0.29) is 21.3 Å². The normalized spacial score (nSPS) is 11.3. The van der Waals surface area contributed by atoms with Gasteiger partial charge >= 0.3 is 0 Å². The number of Topliss-reactive ketones (excluding diaryl/α,β-unsaturated/α-hetero) is 2. The van der Waals surface area contributed by atoms with Crippen molar-refractivity contribution in [2.45, 2.75) is 15.5 Å².